The lowest BCUT2D eigenvalue weighted by Gasteiger charge is -2.45. The molecule has 0 amide bonds. The van der Waals surface area contributed by atoms with Crippen molar-refractivity contribution in [1.82, 2.24) is 0 Å². The average molecular weight is 429 g/mol. The molecular formula is C27H60N2O+2. The van der Waals surface area contributed by atoms with Crippen LogP contribution in [0.1, 0.15) is 117 Å². The van der Waals surface area contributed by atoms with Crippen LogP contribution < -0.4 is 0 Å². The zero-order chi connectivity index (χ0) is 23.0. The summed E-state index contributed by atoms with van der Waals surface area (Å²) in [6, 6.07) is 0. The molecule has 30 heavy (non-hydrogen) atoms. The first kappa shape index (κ1) is 29.9. The predicted molar refractivity (Wildman–Crippen MR) is 135 cm³/mol. The zero-order valence-corrected chi connectivity index (χ0v) is 22.6. The Morgan fingerprint density at radius 2 is 0.867 bits per heavy atom. The molecule has 3 nitrogen and oxygen atoms in total. The molecule has 2 atom stereocenters. The number of nitrogens with zero attached hydrogens (tertiary/aromatic N) is 2. The van der Waals surface area contributed by atoms with Crippen molar-refractivity contribution in [1.29, 1.82) is 0 Å². The maximum Gasteiger partial charge on any atom is 0.241 e. The second kappa shape index (κ2) is 16.5. The molecule has 0 bridgehead atoms. The molecule has 0 aromatic rings. The topological polar surface area (TPSA) is 9.23 Å². The molecule has 0 fully saturated rings. The minimum atomic E-state index is 0.256. The van der Waals surface area contributed by atoms with Crippen molar-refractivity contribution in [3.63, 3.8) is 0 Å². The Hall–Kier alpha value is -0.120. The molecular weight excluding hydrogens is 368 g/mol. The number of unbranched alkanes of at least 4 members (excludes halogenated alkanes) is 13. The molecule has 0 aliphatic heterocycles. The van der Waals surface area contributed by atoms with E-state index in [0.29, 0.717) is 12.3 Å². The van der Waals surface area contributed by atoms with E-state index in [9.17, 15) is 0 Å². The Morgan fingerprint density at radius 1 is 0.533 bits per heavy atom. The fourth-order valence-corrected chi connectivity index (χ4v) is 5.43. The minimum Gasteiger partial charge on any atom is -0.363 e. The summed E-state index contributed by atoms with van der Waals surface area (Å²) in [7, 11) is 13.7. The highest BCUT2D eigenvalue weighted by Crippen LogP contribution is 2.21. The van der Waals surface area contributed by atoms with Gasteiger partial charge in [0.25, 0.3) is 0 Å². The van der Waals surface area contributed by atoms with E-state index in [2.05, 4.69) is 63.1 Å². The van der Waals surface area contributed by atoms with Crippen LogP contribution in [0.25, 0.3) is 0 Å². The largest absolute Gasteiger partial charge is 0.363 e. The van der Waals surface area contributed by atoms with E-state index in [0.717, 1.165) is 8.97 Å². The van der Waals surface area contributed by atoms with Crippen molar-refractivity contribution in [2.75, 3.05) is 42.3 Å². The first-order chi connectivity index (χ1) is 14.0. The summed E-state index contributed by atoms with van der Waals surface area (Å²) >= 11 is 0. The highest BCUT2D eigenvalue weighted by molar-refractivity contribution is 4.61. The van der Waals surface area contributed by atoms with Crippen molar-refractivity contribution in [2.24, 2.45) is 0 Å². The Kier molecular flexibility index (Phi) is 16.4. The average Bonchev–Trinajstić information content (AvgIpc) is 2.59. The van der Waals surface area contributed by atoms with Crippen LogP contribution in [0.2, 0.25) is 0 Å². The fraction of sp³-hybridized carbons (Fsp3) is 1.00. The Morgan fingerprint density at radius 3 is 1.20 bits per heavy atom. The molecule has 3 heteroatoms. The van der Waals surface area contributed by atoms with Crippen molar-refractivity contribution < 1.29 is 13.7 Å². The Bertz CT molecular complexity index is 369. The SMILES string of the molecule is CCCCCCCCCCCCCCCCC(C)OC(C)C([N+](C)(C)C)[N+](C)(C)C. The van der Waals surface area contributed by atoms with Gasteiger partial charge in [0.15, 0.2) is 6.10 Å². The van der Waals surface area contributed by atoms with E-state index in [1.165, 1.54) is 96.3 Å². The van der Waals surface area contributed by atoms with E-state index in [1.54, 1.807) is 0 Å². The molecule has 0 heterocycles. The molecule has 0 aromatic heterocycles. The lowest BCUT2D eigenvalue weighted by Crippen LogP contribution is -2.66. The van der Waals surface area contributed by atoms with Crippen LogP contribution >= 0.6 is 0 Å². The van der Waals surface area contributed by atoms with Gasteiger partial charge in [-0.1, -0.05) is 96.8 Å². The quantitative estimate of drug-likeness (QED) is 0.112. The summed E-state index contributed by atoms with van der Waals surface area (Å²) in [6.45, 7) is 6.82. The molecule has 0 radical (unpaired) electrons. The summed E-state index contributed by atoms with van der Waals surface area (Å²) < 4.78 is 8.30. The number of rotatable bonds is 20. The van der Waals surface area contributed by atoms with E-state index in [1.807, 2.05) is 0 Å². The molecule has 0 N–H and O–H groups in total. The fourth-order valence-electron chi connectivity index (χ4n) is 5.43. The number of hydrogen-bond acceptors (Lipinski definition) is 1. The summed E-state index contributed by atoms with van der Waals surface area (Å²) in [4.78, 5) is 0. The lowest BCUT2D eigenvalue weighted by molar-refractivity contribution is -1.09. The predicted octanol–water partition coefficient (Wildman–Crippen LogP) is 7.39. The summed E-state index contributed by atoms with van der Waals surface area (Å²) in [5.74, 6) is 0. The van der Waals surface area contributed by atoms with Crippen molar-refractivity contribution in [3.05, 3.63) is 0 Å². The van der Waals surface area contributed by atoms with Crippen LogP contribution in [0.5, 0.6) is 0 Å². The summed E-state index contributed by atoms with van der Waals surface area (Å²) in [6.07, 6.45) is 22.2. The van der Waals surface area contributed by atoms with Gasteiger partial charge in [-0.3, -0.25) is 8.97 Å². The first-order valence-corrected chi connectivity index (χ1v) is 13.3. The summed E-state index contributed by atoms with van der Waals surface area (Å²) in [5, 5.41) is 0. The van der Waals surface area contributed by atoms with Gasteiger partial charge in [-0.15, -0.1) is 0 Å². The smallest absolute Gasteiger partial charge is 0.241 e. The van der Waals surface area contributed by atoms with Crippen LogP contribution in [0.3, 0.4) is 0 Å². The van der Waals surface area contributed by atoms with Crippen molar-refractivity contribution in [3.8, 4) is 0 Å². The number of quaternary nitrogens is 2. The van der Waals surface area contributed by atoms with Gasteiger partial charge < -0.3 is 4.74 Å². The maximum atomic E-state index is 6.45. The zero-order valence-electron chi connectivity index (χ0n) is 22.6. The molecule has 0 aliphatic carbocycles. The number of hydrogen-bond donors (Lipinski definition) is 0. The maximum absolute atomic E-state index is 6.45. The molecule has 0 saturated carbocycles. The first-order valence-electron chi connectivity index (χ1n) is 13.3. The highest BCUT2D eigenvalue weighted by Gasteiger charge is 2.42. The van der Waals surface area contributed by atoms with Gasteiger partial charge in [-0.05, 0) is 20.3 Å². The third-order valence-electron chi connectivity index (χ3n) is 6.42. The van der Waals surface area contributed by atoms with E-state index >= 15 is 0 Å². The lowest BCUT2D eigenvalue weighted by atomic mass is 10.0. The normalized spacial score (nSPS) is 15.0. The summed E-state index contributed by atoms with van der Waals surface area (Å²) in [5.41, 5.74) is 0. The van der Waals surface area contributed by atoms with E-state index < -0.39 is 0 Å². The molecule has 0 spiro atoms. The van der Waals surface area contributed by atoms with Crippen molar-refractivity contribution in [2.45, 2.75) is 135 Å². The third kappa shape index (κ3) is 15.6. The van der Waals surface area contributed by atoms with E-state index in [-0.39, 0.29) is 6.10 Å². The molecule has 182 valence electrons. The standard InChI is InChI=1S/C27H60N2O/c1-10-11-12-13-14-15-16-17-18-19-20-21-22-23-24-25(2)30-26(3)27(28(4,5)6)29(7,8)9/h25-27H,10-24H2,1-9H3/q+2. The van der Waals surface area contributed by atoms with Gasteiger partial charge in [0.1, 0.15) is 0 Å². The minimum absolute atomic E-state index is 0.256. The van der Waals surface area contributed by atoms with Gasteiger partial charge in [0.05, 0.1) is 48.4 Å². The molecule has 0 aliphatic rings. The number of likely N-dealkylation sites (N-methyl/N-ethyl adjacent to an activating group) is 2. The van der Waals surface area contributed by atoms with Crippen LogP contribution in [-0.2, 0) is 4.74 Å². The Labute approximate surface area is 191 Å². The highest BCUT2D eigenvalue weighted by atomic mass is 16.5. The third-order valence-corrected chi connectivity index (χ3v) is 6.42. The van der Waals surface area contributed by atoms with Gasteiger partial charge in [-0.25, -0.2) is 0 Å². The van der Waals surface area contributed by atoms with Gasteiger partial charge >= 0.3 is 0 Å². The van der Waals surface area contributed by atoms with Crippen LogP contribution in [-0.4, -0.2) is 69.6 Å². The molecule has 0 saturated heterocycles. The molecule has 0 aromatic carbocycles. The molecule has 0 rings (SSSR count). The van der Waals surface area contributed by atoms with Crippen LogP contribution in [0.15, 0.2) is 0 Å². The van der Waals surface area contributed by atoms with E-state index in [4.69, 9.17) is 4.74 Å². The van der Waals surface area contributed by atoms with Crippen LogP contribution in [0.4, 0.5) is 0 Å². The molecule has 2 unspecified atom stereocenters. The number of ether oxygens (including phenoxy) is 1. The second-order valence-electron chi connectivity index (χ2n) is 11.7. The monoisotopic (exact) mass is 428 g/mol. The van der Waals surface area contributed by atoms with Gasteiger partial charge in [0, 0.05) is 0 Å². The van der Waals surface area contributed by atoms with Crippen LogP contribution in [0, 0.1) is 0 Å². The Balaban J connectivity index is 3.71. The van der Waals surface area contributed by atoms with Gasteiger partial charge in [0.2, 0.25) is 6.17 Å². The van der Waals surface area contributed by atoms with Gasteiger partial charge in [-0.2, -0.15) is 0 Å². The second-order valence-corrected chi connectivity index (χ2v) is 11.7. The van der Waals surface area contributed by atoms with Crippen molar-refractivity contribution >= 4 is 0 Å².